The normalized spacial score (nSPS) is 14.9. The van der Waals surface area contributed by atoms with Crippen LogP contribution in [0.4, 0.5) is 5.69 Å². The van der Waals surface area contributed by atoms with Gasteiger partial charge >= 0.3 is 0 Å². The second-order valence-corrected chi connectivity index (χ2v) is 11.5. The number of benzene rings is 2. The van der Waals surface area contributed by atoms with Gasteiger partial charge in [0.25, 0.3) is 0 Å². The van der Waals surface area contributed by atoms with Gasteiger partial charge in [0.15, 0.2) is 0 Å². The van der Waals surface area contributed by atoms with Crippen LogP contribution in [0.2, 0.25) is 0 Å². The van der Waals surface area contributed by atoms with Gasteiger partial charge in [0.1, 0.15) is 6.04 Å². The Morgan fingerprint density at radius 2 is 1.64 bits per heavy atom. The summed E-state index contributed by atoms with van der Waals surface area (Å²) in [6.07, 6.45) is 6.74. The summed E-state index contributed by atoms with van der Waals surface area (Å²) in [7, 11) is -3.50. The van der Waals surface area contributed by atoms with E-state index in [2.05, 4.69) is 5.32 Å². The van der Waals surface area contributed by atoms with Crippen LogP contribution in [0.1, 0.15) is 63.5 Å². The lowest BCUT2D eigenvalue weighted by atomic mass is 10.1. The van der Waals surface area contributed by atoms with Crippen molar-refractivity contribution in [3.63, 3.8) is 0 Å². The molecule has 0 aliphatic heterocycles. The van der Waals surface area contributed by atoms with Crippen molar-refractivity contribution >= 4 is 27.5 Å². The van der Waals surface area contributed by atoms with Gasteiger partial charge in [0, 0.05) is 25.6 Å². The first-order valence-corrected chi connectivity index (χ1v) is 14.7. The highest BCUT2D eigenvalue weighted by Crippen LogP contribution is 2.21. The summed E-state index contributed by atoms with van der Waals surface area (Å²) in [5.41, 5.74) is 2.66. The number of hydrogen-bond donors (Lipinski definition) is 1. The third-order valence-corrected chi connectivity index (χ3v) is 8.04. The maximum Gasteiger partial charge on any atom is 0.242 e. The molecule has 2 amide bonds. The maximum absolute atomic E-state index is 13.4. The molecule has 0 aromatic heterocycles. The van der Waals surface area contributed by atoms with E-state index in [4.69, 9.17) is 0 Å². The van der Waals surface area contributed by atoms with Gasteiger partial charge in [-0.3, -0.25) is 13.9 Å². The third-order valence-electron chi connectivity index (χ3n) is 6.85. The van der Waals surface area contributed by atoms with Crippen molar-refractivity contribution < 1.29 is 18.0 Å². The molecule has 2 aromatic carbocycles. The van der Waals surface area contributed by atoms with Crippen LogP contribution in [0.3, 0.4) is 0 Å². The molecule has 8 heteroatoms. The molecule has 7 nitrogen and oxygen atoms in total. The Morgan fingerprint density at radius 1 is 1.00 bits per heavy atom. The van der Waals surface area contributed by atoms with E-state index < -0.39 is 16.1 Å². The molecule has 0 radical (unpaired) electrons. The molecule has 1 atom stereocenters. The summed E-state index contributed by atoms with van der Waals surface area (Å²) in [5, 5.41) is 3.10. The van der Waals surface area contributed by atoms with E-state index in [9.17, 15) is 18.0 Å². The number of nitrogens with zero attached hydrogens (tertiary/aromatic N) is 2. The Balaban J connectivity index is 1.68. The van der Waals surface area contributed by atoms with Crippen LogP contribution in [-0.4, -0.2) is 50.0 Å². The molecular formula is C28H39N3O4S. The predicted octanol–water partition coefficient (Wildman–Crippen LogP) is 4.27. The first-order chi connectivity index (χ1) is 17.2. The number of sulfonamides is 1. The molecule has 0 bridgehead atoms. The lowest BCUT2D eigenvalue weighted by Gasteiger charge is -2.30. The van der Waals surface area contributed by atoms with E-state index in [1.54, 1.807) is 24.0 Å². The number of carbonyl (C=O) groups is 2. The minimum absolute atomic E-state index is 0.139. The lowest BCUT2D eigenvalue weighted by molar-refractivity contribution is -0.141. The van der Waals surface area contributed by atoms with E-state index in [1.165, 1.54) is 10.6 Å². The molecule has 1 fully saturated rings. The molecule has 36 heavy (non-hydrogen) atoms. The van der Waals surface area contributed by atoms with Gasteiger partial charge < -0.3 is 10.2 Å². The van der Waals surface area contributed by atoms with Crippen molar-refractivity contribution in [2.24, 2.45) is 0 Å². The average molecular weight is 514 g/mol. The summed E-state index contributed by atoms with van der Waals surface area (Å²) >= 11 is 0. The van der Waals surface area contributed by atoms with Crippen molar-refractivity contribution in [2.75, 3.05) is 17.1 Å². The Kier molecular flexibility index (Phi) is 9.93. The zero-order valence-corrected chi connectivity index (χ0v) is 22.5. The van der Waals surface area contributed by atoms with Gasteiger partial charge in [-0.1, -0.05) is 62.2 Å². The molecule has 1 unspecified atom stereocenters. The molecular weight excluding hydrogens is 474 g/mol. The van der Waals surface area contributed by atoms with E-state index in [0.717, 1.165) is 43.2 Å². The van der Waals surface area contributed by atoms with Gasteiger partial charge in [-0.2, -0.15) is 0 Å². The predicted molar refractivity (Wildman–Crippen MR) is 144 cm³/mol. The molecule has 0 spiro atoms. The number of aryl methyl sites for hydroxylation is 1. The molecule has 1 saturated carbocycles. The second-order valence-electron chi connectivity index (χ2n) is 9.63. The highest BCUT2D eigenvalue weighted by atomic mass is 32.2. The van der Waals surface area contributed by atoms with E-state index in [0.29, 0.717) is 18.7 Å². The second kappa shape index (κ2) is 12.9. The molecule has 196 valence electrons. The fraction of sp³-hybridized carbons (Fsp3) is 0.500. The van der Waals surface area contributed by atoms with E-state index in [-0.39, 0.29) is 30.8 Å². The first kappa shape index (κ1) is 27.7. The summed E-state index contributed by atoms with van der Waals surface area (Å²) in [4.78, 5) is 28.0. The molecule has 0 heterocycles. The largest absolute Gasteiger partial charge is 0.352 e. The van der Waals surface area contributed by atoms with Crippen LogP contribution in [-0.2, 0) is 32.6 Å². The number of amides is 2. The Hall–Kier alpha value is -2.87. The fourth-order valence-electron chi connectivity index (χ4n) is 4.66. The number of nitrogens with one attached hydrogen (secondary N) is 1. The molecule has 2 aromatic rings. The van der Waals surface area contributed by atoms with Crippen molar-refractivity contribution in [3.8, 4) is 0 Å². The molecule has 1 aliphatic rings. The van der Waals surface area contributed by atoms with Crippen molar-refractivity contribution in [3.05, 3.63) is 65.7 Å². The number of hydrogen-bond acceptors (Lipinski definition) is 4. The SMILES string of the molecule is CCc1ccc(N(CCCC(=O)N(Cc2ccccc2)C(C)C(=O)NC2CCCC2)S(C)(=O)=O)cc1. The van der Waals surface area contributed by atoms with Crippen molar-refractivity contribution in [1.29, 1.82) is 0 Å². The fourth-order valence-corrected chi connectivity index (χ4v) is 5.62. The van der Waals surface area contributed by atoms with Crippen LogP contribution in [0.15, 0.2) is 54.6 Å². The maximum atomic E-state index is 13.4. The van der Waals surface area contributed by atoms with Gasteiger partial charge in [0.05, 0.1) is 11.9 Å². The molecule has 3 rings (SSSR count). The highest BCUT2D eigenvalue weighted by molar-refractivity contribution is 7.92. The smallest absolute Gasteiger partial charge is 0.242 e. The summed E-state index contributed by atoms with van der Waals surface area (Å²) in [6.45, 7) is 4.33. The average Bonchev–Trinajstić information content (AvgIpc) is 3.37. The number of carbonyl (C=O) groups excluding carboxylic acids is 2. The zero-order chi connectivity index (χ0) is 26.1. The lowest BCUT2D eigenvalue weighted by Crippen LogP contribution is -2.49. The Labute approximate surface area is 215 Å². The monoisotopic (exact) mass is 513 g/mol. The number of anilines is 1. The first-order valence-electron chi connectivity index (χ1n) is 12.9. The zero-order valence-electron chi connectivity index (χ0n) is 21.7. The van der Waals surface area contributed by atoms with E-state index >= 15 is 0 Å². The summed E-state index contributed by atoms with van der Waals surface area (Å²) in [6, 6.07) is 16.6. The summed E-state index contributed by atoms with van der Waals surface area (Å²) in [5.74, 6) is -0.303. The highest BCUT2D eigenvalue weighted by Gasteiger charge is 2.28. The van der Waals surface area contributed by atoms with Crippen LogP contribution in [0, 0.1) is 0 Å². The molecule has 1 aliphatic carbocycles. The van der Waals surface area contributed by atoms with Gasteiger partial charge in [-0.25, -0.2) is 8.42 Å². The van der Waals surface area contributed by atoms with Gasteiger partial charge in [-0.15, -0.1) is 0 Å². The number of rotatable bonds is 12. The van der Waals surface area contributed by atoms with Crippen molar-refractivity contribution in [1.82, 2.24) is 10.2 Å². The standard InChI is InChI=1S/C28H39N3O4S/c1-4-23-16-18-26(19-17-23)31(36(3,34)35)20-10-15-27(32)30(21-24-11-6-5-7-12-24)22(2)28(33)29-25-13-8-9-14-25/h5-7,11-12,16-19,22,25H,4,8-10,13-15,20-21H2,1-3H3,(H,29,33). The van der Waals surface area contributed by atoms with Crippen LogP contribution in [0.25, 0.3) is 0 Å². The topological polar surface area (TPSA) is 86.8 Å². The Bertz CT molecular complexity index is 1100. The molecule has 1 N–H and O–H groups in total. The van der Waals surface area contributed by atoms with Crippen LogP contribution >= 0.6 is 0 Å². The third kappa shape index (κ3) is 7.82. The summed E-state index contributed by atoms with van der Waals surface area (Å²) < 4.78 is 26.3. The minimum Gasteiger partial charge on any atom is -0.352 e. The van der Waals surface area contributed by atoms with E-state index in [1.807, 2.05) is 49.4 Å². The van der Waals surface area contributed by atoms with Crippen LogP contribution in [0.5, 0.6) is 0 Å². The molecule has 0 saturated heterocycles. The quantitative estimate of drug-likeness (QED) is 0.459. The van der Waals surface area contributed by atoms with Crippen LogP contribution < -0.4 is 9.62 Å². The Morgan fingerprint density at radius 3 is 2.22 bits per heavy atom. The minimum atomic E-state index is -3.50. The van der Waals surface area contributed by atoms with Gasteiger partial charge in [0.2, 0.25) is 21.8 Å². The van der Waals surface area contributed by atoms with Gasteiger partial charge in [-0.05, 0) is 55.9 Å². The van der Waals surface area contributed by atoms with Crippen molar-refractivity contribution in [2.45, 2.75) is 77.4 Å².